The summed E-state index contributed by atoms with van der Waals surface area (Å²) >= 11 is 0. The van der Waals surface area contributed by atoms with E-state index < -0.39 is 0 Å². The molecule has 0 amide bonds. The van der Waals surface area contributed by atoms with Crippen molar-refractivity contribution in [1.29, 1.82) is 5.26 Å². The van der Waals surface area contributed by atoms with Crippen molar-refractivity contribution in [3.05, 3.63) is 71.4 Å². The molecule has 0 aliphatic carbocycles. The van der Waals surface area contributed by atoms with Crippen LogP contribution in [0.15, 0.2) is 48.8 Å². The summed E-state index contributed by atoms with van der Waals surface area (Å²) in [5, 5.41) is 8.85. The molecular formula is C15H10FN3. The van der Waals surface area contributed by atoms with Gasteiger partial charge in [-0.2, -0.15) is 5.26 Å². The molecule has 3 aromatic rings. The molecule has 4 heteroatoms. The first-order chi connectivity index (χ1) is 9.24. The zero-order chi connectivity index (χ0) is 13.2. The number of benzene rings is 1. The molecular weight excluding hydrogens is 241 g/mol. The molecule has 0 aliphatic heterocycles. The summed E-state index contributed by atoms with van der Waals surface area (Å²) < 4.78 is 14.7. The number of fused-ring (bicyclic) bond motifs is 1. The summed E-state index contributed by atoms with van der Waals surface area (Å²) in [7, 11) is 0. The zero-order valence-electron chi connectivity index (χ0n) is 10.0. The van der Waals surface area contributed by atoms with Gasteiger partial charge in [-0.1, -0.05) is 12.1 Å². The number of nitrogens with zero attached hydrogens (tertiary/aromatic N) is 3. The maximum absolute atomic E-state index is 12.8. The van der Waals surface area contributed by atoms with Gasteiger partial charge >= 0.3 is 0 Å². The Balaban J connectivity index is 1.93. The van der Waals surface area contributed by atoms with E-state index in [1.807, 2.05) is 16.7 Å². The smallest absolute Gasteiger partial charge is 0.137 e. The third-order valence-electron chi connectivity index (χ3n) is 2.93. The Morgan fingerprint density at radius 2 is 1.89 bits per heavy atom. The summed E-state index contributed by atoms with van der Waals surface area (Å²) in [6, 6.07) is 12.0. The van der Waals surface area contributed by atoms with Crippen LogP contribution in [-0.2, 0) is 6.42 Å². The SMILES string of the molecule is N#Cc1ccc2nc(Cc3ccc(F)cc3)cn2c1. The average molecular weight is 251 g/mol. The van der Waals surface area contributed by atoms with Gasteiger partial charge in [0.05, 0.1) is 11.3 Å². The number of hydrogen-bond acceptors (Lipinski definition) is 2. The summed E-state index contributed by atoms with van der Waals surface area (Å²) in [5.41, 5.74) is 3.29. The van der Waals surface area contributed by atoms with Crippen molar-refractivity contribution in [3.8, 4) is 6.07 Å². The van der Waals surface area contributed by atoms with Gasteiger partial charge in [0.1, 0.15) is 17.5 Å². The minimum atomic E-state index is -0.239. The standard InChI is InChI=1S/C15H10FN3/c16-13-4-1-11(2-5-13)7-14-10-19-9-12(8-17)3-6-15(19)18-14/h1-6,9-10H,7H2. The number of pyridine rings is 1. The summed E-state index contributed by atoms with van der Waals surface area (Å²) in [6.07, 6.45) is 4.28. The number of rotatable bonds is 2. The van der Waals surface area contributed by atoms with E-state index in [0.717, 1.165) is 16.9 Å². The van der Waals surface area contributed by atoms with Gasteiger partial charge in [0.2, 0.25) is 0 Å². The normalized spacial score (nSPS) is 10.5. The molecule has 3 nitrogen and oxygen atoms in total. The van der Waals surface area contributed by atoms with Crippen molar-refractivity contribution in [1.82, 2.24) is 9.38 Å². The molecule has 2 aromatic heterocycles. The summed E-state index contributed by atoms with van der Waals surface area (Å²) in [6.45, 7) is 0. The van der Waals surface area contributed by atoms with Crippen LogP contribution < -0.4 is 0 Å². The van der Waals surface area contributed by atoms with Crippen LogP contribution in [0.25, 0.3) is 5.65 Å². The molecule has 0 radical (unpaired) electrons. The second-order valence-corrected chi connectivity index (χ2v) is 4.33. The molecule has 0 saturated heterocycles. The number of nitriles is 1. The average Bonchev–Trinajstić information content (AvgIpc) is 2.82. The van der Waals surface area contributed by atoms with Crippen LogP contribution in [0.5, 0.6) is 0 Å². The molecule has 2 heterocycles. The third kappa shape index (κ3) is 2.31. The third-order valence-corrected chi connectivity index (χ3v) is 2.93. The van der Waals surface area contributed by atoms with Gasteiger partial charge in [0.15, 0.2) is 0 Å². The Labute approximate surface area is 109 Å². The fraction of sp³-hybridized carbons (Fsp3) is 0.0667. The minimum absolute atomic E-state index is 0.239. The predicted octanol–water partition coefficient (Wildman–Crippen LogP) is 2.94. The molecule has 92 valence electrons. The quantitative estimate of drug-likeness (QED) is 0.702. The molecule has 0 atom stereocenters. The van der Waals surface area contributed by atoms with E-state index in [0.29, 0.717) is 12.0 Å². The molecule has 0 bridgehead atoms. The molecule has 0 spiro atoms. The van der Waals surface area contributed by atoms with E-state index in [2.05, 4.69) is 11.1 Å². The first kappa shape index (κ1) is 11.4. The highest BCUT2D eigenvalue weighted by molar-refractivity contribution is 5.44. The van der Waals surface area contributed by atoms with Crippen molar-refractivity contribution in [2.45, 2.75) is 6.42 Å². The number of imidazole rings is 1. The number of halogens is 1. The van der Waals surface area contributed by atoms with Crippen molar-refractivity contribution in [2.24, 2.45) is 0 Å². The van der Waals surface area contributed by atoms with Crippen molar-refractivity contribution < 1.29 is 4.39 Å². The van der Waals surface area contributed by atoms with Crippen LogP contribution in [-0.4, -0.2) is 9.38 Å². The molecule has 0 N–H and O–H groups in total. The van der Waals surface area contributed by atoms with E-state index in [9.17, 15) is 4.39 Å². The summed E-state index contributed by atoms with van der Waals surface area (Å²) in [5.74, 6) is -0.239. The monoisotopic (exact) mass is 251 g/mol. The highest BCUT2D eigenvalue weighted by Crippen LogP contribution is 2.12. The van der Waals surface area contributed by atoms with E-state index in [4.69, 9.17) is 5.26 Å². The largest absolute Gasteiger partial charge is 0.305 e. The van der Waals surface area contributed by atoms with Gasteiger partial charge in [-0.15, -0.1) is 0 Å². The lowest BCUT2D eigenvalue weighted by Gasteiger charge is -1.96. The Bertz CT molecular complexity index is 766. The van der Waals surface area contributed by atoms with E-state index >= 15 is 0 Å². The van der Waals surface area contributed by atoms with Gasteiger partial charge in [0, 0.05) is 18.8 Å². The first-order valence-corrected chi connectivity index (χ1v) is 5.87. The van der Waals surface area contributed by atoms with Crippen LogP contribution >= 0.6 is 0 Å². The number of hydrogen-bond donors (Lipinski definition) is 0. The van der Waals surface area contributed by atoms with Gasteiger partial charge in [0.25, 0.3) is 0 Å². The van der Waals surface area contributed by atoms with Crippen LogP contribution in [0.3, 0.4) is 0 Å². The maximum atomic E-state index is 12.8. The summed E-state index contributed by atoms with van der Waals surface area (Å²) in [4.78, 5) is 4.47. The van der Waals surface area contributed by atoms with Crippen LogP contribution in [0.2, 0.25) is 0 Å². The Kier molecular flexibility index (Phi) is 2.73. The van der Waals surface area contributed by atoms with Crippen LogP contribution in [0, 0.1) is 17.1 Å². The highest BCUT2D eigenvalue weighted by Gasteiger charge is 2.04. The zero-order valence-corrected chi connectivity index (χ0v) is 10.0. The first-order valence-electron chi connectivity index (χ1n) is 5.87. The van der Waals surface area contributed by atoms with Gasteiger partial charge in [-0.3, -0.25) is 0 Å². The van der Waals surface area contributed by atoms with Crippen LogP contribution in [0.4, 0.5) is 4.39 Å². The van der Waals surface area contributed by atoms with E-state index in [-0.39, 0.29) is 5.82 Å². The lowest BCUT2D eigenvalue weighted by atomic mass is 10.1. The van der Waals surface area contributed by atoms with Crippen LogP contribution in [0.1, 0.15) is 16.8 Å². The molecule has 0 unspecified atom stereocenters. The van der Waals surface area contributed by atoms with Gasteiger partial charge in [-0.05, 0) is 29.8 Å². The van der Waals surface area contributed by atoms with Crippen molar-refractivity contribution in [2.75, 3.05) is 0 Å². The lowest BCUT2D eigenvalue weighted by Crippen LogP contribution is -1.88. The second kappa shape index (κ2) is 4.54. The fourth-order valence-electron chi connectivity index (χ4n) is 2.01. The molecule has 0 fully saturated rings. The second-order valence-electron chi connectivity index (χ2n) is 4.33. The molecule has 3 rings (SSSR count). The maximum Gasteiger partial charge on any atom is 0.137 e. The topological polar surface area (TPSA) is 41.1 Å². The number of aromatic nitrogens is 2. The van der Waals surface area contributed by atoms with Crippen molar-refractivity contribution in [3.63, 3.8) is 0 Å². The Hall–Kier alpha value is -2.67. The molecule has 0 aliphatic rings. The fourth-order valence-corrected chi connectivity index (χ4v) is 2.01. The minimum Gasteiger partial charge on any atom is -0.305 e. The molecule has 0 saturated carbocycles. The molecule has 1 aromatic carbocycles. The molecule has 19 heavy (non-hydrogen) atoms. The highest BCUT2D eigenvalue weighted by atomic mass is 19.1. The van der Waals surface area contributed by atoms with E-state index in [1.165, 1.54) is 12.1 Å². The predicted molar refractivity (Wildman–Crippen MR) is 69.1 cm³/mol. The lowest BCUT2D eigenvalue weighted by molar-refractivity contribution is 0.627. The van der Waals surface area contributed by atoms with Gasteiger partial charge < -0.3 is 4.40 Å². The Morgan fingerprint density at radius 1 is 1.11 bits per heavy atom. The van der Waals surface area contributed by atoms with E-state index in [1.54, 1.807) is 24.4 Å². The van der Waals surface area contributed by atoms with Gasteiger partial charge in [-0.25, -0.2) is 9.37 Å². The van der Waals surface area contributed by atoms with Crippen molar-refractivity contribution >= 4 is 5.65 Å². The Morgan fingerprint density at radius 3 is 2.63 bits per heavy atom.